The molecule has 2 atom stereocenters. The molecule has 4 heterocycles. The van der Waals surface area contributed by atoms with Gasteiger partial charge in [-0.05, 0) is 24.5 Å². The highest BCUT2D eigenvalue weighted by atomic mass is 16.6. The molecule has 3 saturated heterocycles. The van der Waals surface area contributed by atoms with Gasteiger partial charge in [0.1, 0.15) is 5.60 Å². The maximum atomic E-state index is 6.58. The monoisotopic (exact) mass is 347 g/mol. The molecule has 0 amide bonds. The van der Waals surface area contributed by atoms with E-state index in [0.29, 0.717) is 6.10 Å². The average molecular weight is 347 g/mol. The van der Waals surface area contributed by atoms with Crippen LogP contribution in [0.15, 0.2) is 24.5 Å². The number of pyridine rings is 1. The molecule has 6 heteroatoms. The van der Waals surface area contributed by atoms with Crippen molar-refractivity contribution in [1.29, 1.82) is 0 Å². The van der Waals surface area contributed by atoms with Crippen molar-refractivity contribution >= 4 is 0 Å². The van der Waals surface area contributed by atoms with Crippen LogP contribution in [0.25, 0.3) is 0 Å². The van der Waals surface area contributed by atoms with E-state index in [1.807, 2.05) is 18.5 Å². The zero-order valence-corrected chi connectivity index (χ0v) is 14.9. The van der Waals surface area contributed by atoms with Crippen LogP contribution in [0.2, 0.25) is 0 Å². The molecule has 3 fully saturated rings. The van der Waals surface area contributed by atoms with Crippen molar-refractivity contribution in [2.75, 3.05) is 59.2 Å². The van der Waals surface area contributed by atoms with Crippen molar-refractivity contribution in [2.45, 2.75) is 31.1 Å². The van der Waals surface area contributed by atoms with Crippen LogP contribution < -0.4 is 0 Å². The lowest BCUT2D eigenvalue weighted by atomic mass is 10.00. The molecule has 0 saturated carbocycles. The van der Waals surface area contributed by atoms with Crippen LogP contribution in [0.4, 0.5) is 0 Å². The Labute approximate surface area is 150 Å². The minimum atomic E-state index is -0.143. The highest BCUT2D eigenvalue weighted by molar-refractivity contribution is 5.08. The maximum absolute atomic E-state index is 6.58. The summed E-state index contributed by atoms with van der Waals surface area (Å²) in [7, 11) is 0. The van der Waals surface area contributed by atoms with E-state index in [1.165, 1.54) is 5.56 Å². The smallest absolute Gasteiger partial charge is 0.105 e. The number of rotatable bonds is 4. The average Bonchev–Trinajstić information content (AvgIpc) is 2.91. The molecule has 4 rings (SSSR count). The first-order valence-electron chi connectivity index (χ1n) is 9.48. The summed E-state index contributed by atoms with van der Waals surface area (Å²) in [6.07, 6.45) is 6.31. The first-order valence-corrected chi connectivity index (χ1v) is 9.48. The van der Waals surface area contributed by atoms with E-state index >= 15 is 0 Å². The third-order valence-corrected chi connectivity index (χ3v) is 5.46. The van der Waals surface area contributed by atoms with Crippen molar-refractivity contribution in [3.05, 3.63) is 30.1 Å². The third-order valence-electron chi connectivity index (χ3n) is 5.46. The quantitative estimate of drug-likeness (QED) is 0.815. The van der Waals surface area contributed by atoms with Gasteiger partial charge >= 0.3 is 0 Å². The van der Waals surface area contributed by atoms with Gasteiger partial charge in [-0.1, -0.05) is 6.07 Å². The molecule has 0 bridgehead atoms. The SMILES string of the molecule is c1cncc(CN2CCOC[C@]3(CC[C@H](CN4CCOCC4)O3)C2)c1. The predicted octanol–water partition coefficient (Wildman–Crippen LogP) is 1.16. The Morgan fingerprint density at radius 3 is 2.80 bits per heavy atom. The van der Waals surface area contributed by atoms with E-state index in [9.17, 15) is 0 Å². The maximum Gasteiger partial charge on any atom is 0.105 e. The summed E-state index contributed by atoms with van der Waals surface area (Å²) in [5.41, 5.74) is 1.11. The number of ether oxygens (including phenoxy) is 3. The number of hydrogen-bond donors (Lipinski definition) is 0. The molecule has 0 aromatic carbocycles. The Hall–Kier alpha value is -1.05. The Balaban J connectivity index is 1.35. The van der Waals surface area contributed by atoms with Crippen molar-refractivity contribution in [3.8, 4) is 0 Å². The van der Waals surface area contributed by atoms with E-state index in [2.05, 4.69) is 20.9 Å². The molecule has 0 unspecified atom stereocenters. The number of nitrogens with zero attached hydrogens (tertiary/aromatic N) is 3. The minimum absolute atomic E-state index is 0.143. The van der Waals surface area contributed by atoms with Crippen LogP contribution >= 0.6 is 0 Å². The van der Waals surface area contributed by atoms with Gasteiger partial charge in [0.15, 0.2) is 0 Å². The third kappa shape index (κ3) is 4.57. The fourth-order valence-electron chi connectivity index (χ4n) is 4.19. The topological polar surface area (TPSA) is 47.1 Å². The fourth-order valence-corrected chi connectivity index (χ4v) is 4.19. The van der Waals surface area contributed by atoms with Crippen molar-refractivity contribution < 1.29 is 14.2 Å². The summed E-state index contributed by atoms with van der Waals surface area (Å²) in [6, 6.07) is 4.14. The van der Waals surface area contributed by atoms with Gasteiger partial charge in [0.05, 0.1) is 32.5 Å². The molecule has 1 aromatic rings. The molecule has 25 heavy (non-hydrogen) atoms. The van der Waals surface area contributed by atoms with Gasteiger partial charge in [-0.25, -0.2) is 0 Å². The Morgan fingerprint density at radius 2 is 1.96 bits per heavy atom. The fraction of sp³-hybridized carbons (Fsp3) is 0.737. The first-order chi connectivity index (χ1) is 12.3. The van der Waals surface area contributed by atoms with E-state index in [1.54, 1.807) is 0 Å². The Kier molecular flexibility index (Phi) is 5.63. The zero-order valence-electron chi connectivity index (χ0n) is 14.9. The standard InChI is InChI=1S/C19H29N3O3/c1-2-17(12-20-5-1)13-22-8-11-24-16-19(15-22)4-3-18(25-19)14-21-6-9-23-10-7-21/h1-2,5,12,18H,3-4,6-11,13-16H2/t18-,19+/m1/s1. The summed E-state index contributed by atoms with van der Waals surface area (Å²) in [6.45, 7) is 9.07. The molecule has 3 aliphatic rings. The van der Waals surface area contributed by atoms with Crippen LogP contribution in [0.1, 0.15) is 18.4 Å². The van der Waals surface area contributed by atoms with Crippen LogP contribution in [-0.2, 0) is 20.8 Å². The summed E-state index contributed by atoms with van der Waals surface area (Å²) in [5.74, 6) is 0. The van der Waals surface area contributed by atoms with Gasteiger partial charge in [-0.15, -0.1) is 0 Å². The molecule has 0 radical (unpaired) electrons. The minimum Gasteiger partial charge on any atom is -0.379 e. The van der Waals surface area contributed by atoms with Crippen molar-refractivity contribution in [3.63, 3.8) is 0 Å². The Morgan fingerprint density at radius 1 is 1.12 bits per heavy atom. The lowest BCUT2D eigenvalue weighted by Crippen LogP contribution is -2.46. The molecule has 0 N–H and O–H groups in total. The van der Waals surface area contributed by atoms with Crippen LogP contribution in [-0.4, -0.2) is 85.6 Å². The molecule has 0 aliphatic carbocycles. The summed E-state index contributed by atoms with van der Waals surface area (Å²) < 4.78 is 17.9. The second kappa shape index (κ2) is 8.10. The lowest BCUT2D eigenvalue weighted by molar-refractivity contribution is -0.0967. The summed E-state index contributed by atoms with van der Waals surface area (Å²) in [5, 5.41) is 0. The van der Waals surface area contributed by atoms with E-state index in [4.69, 9.17) is 14.2 Å². The molecule has 3 aliphatic heterocycles. The Bertz CT molecular complexity index is 538. The summed E-state index contributed by atoms with van der Waals surface area (Å²) in [4.78, 5) is 9.16. The second-order valence-electron chi connectivity index (χ2n) is 7.50. The zero-order chi connectivity index (χ0) is 17.0. The summed E-state index contributed by atoms with van der Waals surface area (Å²) >= 11 is 0. The van der Waals surface area contributed by atoms with E-state index < -0.39 is 0 Å². The molecule has 1 aromatic heterocycles. The lowest BCUT2D eigenvalue weighted by Gasteiger charge is -2.33. The molecule has 6 nitrogen and oxygen atoms in total. The number of morpholine rings is 1. The highest BCUT2D eigenvalue weighted by Crippen LogP contribution is 2.33. The second-order valence-corrected chi connectivity index (χ2v) is 7.50. The normalized spacial score (nSPS) is 32.1. The van der Waals surface area contributed by atoms with Gasteiger partial charge < -0.3 is 14.2 Å². The van der Waals surface area contributed by atoms with Crippen LogP contribution in [0.3, 0.4) is 0 Å². The first kappa shape index (κ1) is 17.4. The van der Waals surface area contributed by atoms with Gasteiger partial charge in [-0.2, -0.15) is 0 Å². The van der Waals surface area contributed by atoms with Crippen LogP contribution in [0.5, 0.6) is 0 Å². The van der Waals surface area contributed by atoms with Crippen molar-refractivity contribution in [2.24, 2.45) is 0 Å². The highest BCUT2D eigenvalue weighted by Gasteiger charge is 2.43. The number of aromatic nitrogens is 1. The molecule has 1 spiro atoms. The molecular weight excluding hydrogens is 318 g/mol. The van der Waals surface area contributed by atoms with Gasteiger partial charge in [0.25, 0.3) is 0 Å². The van der Waals surface area contributed by atoms with Crippen molar-refractivity contribution in [1.82, 2.24) is 14.8 Å². The van der Waals surface area contributed by atoms with E-state index in [0.717, 1.165) is 78.5 Å². The van der Waals surface area contributed by atoms with E-state index in [-0.39, 0.29) is 5.60 Å². The van der Waals surface area contributed by atoms with Gasteiger partial charge in [-0.3, -0.25) is 14.8 Å². The van der Waals surface area contributed by atoms with Crippen LogP contribution in [0, 0.1) is 0 Å². The largest absolute Gasteiger partial charge is 0.379 e. The predicted molar refractivity (Wildman–Crippen MR) is 94.4 cm³/mol. The molecular formula is C19H29N3O3. The van der Waals surface area contributed by atoms with Gasteiger partial charge in [0, 0.05) is 51.7 Å². The molecule has 138 valence electrons. The number of hydrogen-bond acceptors (Lipinski definition) is 6. The van der Waals surface area contributed by atoms with Gasteiger partial charge in [0.2, 0.25) is 0 Å².